The Morgan fingerprint density at radius 2 is 1.81 bits per heavy atom. The molecule has 0 aromatic rings. The molecule has 1 N–H and O–H groups in total. The average Bonchev–Trinajstić information content (AvgIpc) is 2.30. The Bertz CT molecular complexity index is 440. The van der Waals surface area contributed by atoms with Crippen LogP contribution in [0.15, 0.2) is 0 Å². The van der Waals surface area contributed by atoms with Crippen LogP contribution in [0.3, 0.4) is 0 Å². The summed E-state index contributed by atoms with van der Waals surface area (Å²) in [5, 5.41) is 2.90. The van der Waals surface area contributed by atoms with Crippen LogP contribution >= 0.6 is 0 Å². The fourth-order valence-corrected chi connectivity index (χ4v) is 3.92. The van der Waals surface area contributed by atoms with Gasteiger partial charge in [0.15, 0.2) is 0 Å². The lowest BCUT2D eigenvalue weighted by Gasteiger charge is -2.50. The molecule has 2 unspecified atom stereocenters. The summed E-state index contributed by atoms with van der Waals surface area (Å²) in [7, 11) is 0. The van der Waals surface area contributed by atoms with Crippen molar-refractivity contribution in [2.75, 3.05) is 0 Å². The second kappa shape index (κ2) is 5.29. The normalized spacial score (nSPS) is 32.2. The Kier molecular flexibility index (Phi) is 4.11. The lowest BCUT2D eigenvalue weighted by molar-refractivity contribution is -0.160. The van der Waals surface area contributed by atoms with Gasteiger partial charge in [-0.1, -0.05) is 34.1 Å². The number of nitrogens with zero attached hydrogens (tertiary/aromatic N) is 1. The van der Waals surface area contributed by atoms with E-state index < -0.39 is 5.54 Å². The zero-order valence-electron chi connectivity index (χ0n) is 14.3. The van der Waals surface area contributed by atoms with Crippen LogP contribution in [0.25, 0.3) is 0 Å². The summed E-state index contributed by atoms with van der Waals surface area (Å²) in [6, 6.07) is -0.136. The number of carbonyl (C=O) groups excluding carboxylic acids is 2. The first kappa shape index (κ1) is 16.3. The van der Waals surface area contributed by atoms with Crippen LogP contribution in [-0.4, -0.2) is 34.3 Å². The van der Waals surface area contributed by atoms with Crippen LogP contribution in [0.5, 0.6) is 0 Å². The van der Waals surface area contributed by atoms with Gasteiger partial charge in [-0.15, -0.1) is 0 Å². The molecule has 0 bridgehead atoms. The van der Waals surface area contributed by atoms with Gasteiger partial charge in [0.2, 0.25) is 11.8 Å². The van der Waals surface area contributed by atoms with Crippen molar-refractivity contribution >= 4 is 11.8 Å². The van der Waals surface area contributed by atoms with Gasteiger partial charge in [0.25, 0.3) is 0 Å². The second-order valence-corrected chi connectivity index (χ2v) is 8.43. The van der Waals surface area contributed by atoms with Crippen molar-refractivity contribution in [2.45, 2.75) is 84.8 Å². The number of carbonyl (C=O) groups is 2. The third-order valence-electron chi connectivity index (χ3n) is 4.98. The molecule has 120 valence electrons. The van der Waals surface area contributed by atoms with E-state index in [1.54, 1.807) is 0 Å². The maximum Gasteiger partial charge on any atom is 0.248 e. The summed E-state index contributed by atoms with van der Waals surface area (Å²) in [5.41, 5.74) is -0.535. The maximum atomic E-state index is 12.9. The Morgan fingerprint density at radius 3 is 2.33 bits per heavy atom. The van der Waals surface area contributed by atoms with E-state index in [0.29, 0.717) is 0 Å². The maximum absolute atomic E-state index is 12.9. The van der Waals surface area contributed by atoms with Crippen LogP contribution in [-0.2, 0) is 9.59 Å². The van der Waals surface area contributed by atoms with Gasteiger partial charge in [-0.3, -0.25) is 9.59 Å². The summed E-state index contributed by atoms with van der Waals surface area (Å²) in [4.78, 5) is 27.4. The molecule has 2 aliphatic rings. The minimum Gasteiger partial charge on any atom is -0.340 e. The molecule has 0 aromatic heterocycles. The highest BCUT2D eigenvalue weighted by atomic mass is 16.2. The van der Waals surface area contributed by atoms with Gasteiger partial charge in [0, 0.05) is 6.04 Å². The zero-order chi connectivity index (χ0) is 16.0. The average molecular weight is 294 g/mol. The van der Waals surface area contributed by atoms with Gasteiger partial charge in [-0.2, -0.15) is 0 Å². The van der Waals surface area contributed by atoms with Gasteiger partial charge in [-0.05, 0) is 44.4 Å². The van der Waals surface area contributed by atoms with Crippen molar-refractivity contribution in [3.8, 4) is 0 Å². The number of rotatable bonds is 2. The monoisotopic (exact) mass is 294 g/mol. The van der Waals surface area contributed by atoms with Crippen molar-refractivity contribution in [2.24, 2.45) is 11.3 Å². The number of amides is 2. The third-order valence-corrected chi connectivity index (χ3v) is 4.98. The number of hydrogen-bond acceptors (Lipinski definition) is 2. The van der Waals surface area contributed by atoms with Crippen LogP contribution in [0, 0.1) is 11.3 Å². The lowest BCUT2D eigenvalue weighted by atomic mass is 9.73. The predicted molar refractivity (Wildman–Crippen MR) is 83.7 cm³/mol. The molecule has 2 fully saturated rings. The molecule has 2 atom stereocenters. The van der Waals surface area contributed by atoms with E-state index in [4.69, 9.17) is 0 Å². The summed E-state index contributed by atoms with van der Waals surface area (Å²) in [6.07, 6.45) is 4.34. The van der Waals surface area contributed by atoms with Crippen molar-refractivity contribution in [3.05, 3.63) is 0 Å². The summed E-state index contributed by atoms with van der Waals surface area (Å²) >= 11 is 0. The third kappa shape index (κ3) is 3.09. The van der Waals surface area contributed by atoms with E-state index in [1.165, 1.54) is 6.42 Å². The van der Waals surface area contributed by atoms with Crippen molar-refractivity contribution in [3.63, 3.8) is 0 Å². The molecule has 1 saturated heterocycles. The quantitative estimate of drug-likeness (QED) is 0.851. The van der Waals surface area contributed by atoms with Crippen LogP contribution in [0.1, 0.15) is 67.2 Å². The van der Waals surface area contributed by atoms with E-state index in [9.17, 15) is 9.59 Å². The van der Waals surface area contributed by atoms with Crippen LogP contribution in [0.2, 0.25) is 0 Å². The minimum absolute atomic E-state index is 0.00187. The SMILES string of the molecule is CC(C)C1C(=O)NC(C)(C)C(=O)N1C1CCCC(C)(C)C1. The smallest absolute Gasteiger partial charge is 0.248 e. The Balaban J connectivity index is 2.34. The molecular formula is C17H30N2O2. The fraction of sp³-hybridized carbons (Fsp3) is 0.882. The molecule has 1 heterocycles. The standard InChI is InChI=1S/C17H30N2O2/c1-11(2)13-14(20)18-17(5,6)15(21)19(13)12-8-7-9-16(3,4)10-12/h11-13H,7-10H2,1-6H3,(H,18,20). The lowest BCUT2D eigenvalue weighted by Crippen LogP contribution is -2.71. The van der Waals surface area contributed by atoms with Gasteiger partial charge in [0.1, 0.15) is 11.6 Å². The van der Waals surface area contributed by atoms with E-state index in [-0.39, 0.29) is 35.2 Å². The molecule has 21 heavy (non-hydrogen) atoms. The highest BCUT2D eigenvalue weighted by molar-refractivity contribution is 5.99. The Hall–Kier alpha value is -1.06. The molecule has 1 aliphatic heterocycles. The highest BCUT2D eigenvalue weighted by Crippen LogP contribution is 2.39. The Labute approximate surface area is 128 Å². The molecule has 0 aromatic carbocycles. The minimum atomic E-state index is -0.788. The van der Waals surface area contributed by atoms with Gasteiger partial charge in [-0.25, -0.2) is 0 Å². The molecule has 1 saturated carbocycles. The molecule has 4 heteroatoms. The number of hydrogen-bond donors (Lipinski definition) is 1. The first-order valence-electron chi connectivity index (χ1n) is 8.20. The van der Waals surface area contributed by atoms with E-state index in [2.05, 4.69) is 19.2 Å². The summed E-state index contributed by atoms with van der Waals surface area (Å²) in [5.74, 6) is 0.205. The van der Waals surface area contributed by atoms with Gasteiger partial charge >= 0.3 is 0 Å². The summed E-state index contributed by atoms with van der Waals surface area (Å²) < 4.78 is 0. The first-order chi connectivity index (χ1) is 9.55. The molecular weight excluding hydrogens is 264 g/mol. The molecule has 0 radical (unpaired) electrons. The van der Waals surface area contributed by atoms with Crippen LogP contribution < -0.4 is 5.32 Å². The van der Waals surface area contributed by atoms with E-state index >= 15 is 0 Å². The van der Waals surface area contributed by atoms with E-state index in [0.717, 1.165) is 19.3 Å². The summed E-state index contributed by atoms with van der Waals surface area (Å²) in [6.45, 7) is 12.2. The number of nitrogens with one attached hydrogen (secondary N) is 1. The van der Waals surface area contributed by atoms with Crippen LogP contribution in [0.4, 0.5) is 0 Å². The van der Waals surface area contributed by atoms with Gasteiger partial charge < -0.3 is 10.2 Å². The Morgan fingerprint density at radius 1 is 1.19 bits per heavy atom. The molecule has 2 amide bonds. The fourth-order valence-electron chi connectivity index (χ4n) is 3.92. The van der Waals surface area contributed by atoms with Crippen molar-refractivity contribution in [1.29, 1.82) is 0 Å². The van der Waals surface area contributed by atoms with Gasteiger partial charge in [0.05, 0.1) is 0 Å². The van der Waals surface area contributed by atoms with E-state index in [1.807, 2.05) is 32.6 Å². The second-order valence-electron chi connectivity index (χ2n) is 8.43. The molecule has 4 nitrogen and oxygen atoms in total. The topological polar surface area (TPSA) is 49.4 Å². The molecule has 1 aliphatic carbocycles. The van der Waals surface area contributed by atoms with Crippen molar-refractivity contribution in [1.82, 2.24) is 10.2 Å². The van der Waals surface area contributed by atoms with Crippen molar-refractivity contribution < 1.29 is 9.59 Å². The predicted octanol–water partition coefficient (Wildman–Crippen LogP) is 2.72. The number of piperazine rings is 1. The zero-order valence-corrected chi connectivity index (χ0v) is 14.3. The highest BCUT2D eigenvalue weighted by Gasteiger charge is 2.49. The largest absolute Gasteiger partial charge is 0.340 e. The molecule has 2 rings (SSSR count). The first-order valence-corrected chi connectivity index (χ1v) is 8.20. The molecule has 0 spiro atoms.